The smallest absolute Gasteiger partial charge is 0.0468 e. The van der Waals surface area contributed by atoms with Gasteiger partial charge in [-0.1, -0.05) is 174 Å². The van der Waals surface area contributed by atoms with Crippen molar-refractivity contribution in [2.45, 2.75) is 69.6 Å². The van der Waals surface area contributed by atoms with E-state index in [4.69, 9.17) is 0 Å². The normalized spacial score (nSPS) is 17.9. The highest BCUT2D eigenvalue weighted by Gasteiger charge is 2.54. The summed E-state index contributed by atoms with van der Waals surface area (Å²) in [6.07, 6.45) is 4.36. The Bertz CT molecular complexity index is 3610. The van der Waals surface area contributed by atoms with Crippen molar-refractivity contribution in [3.05, 3.63) is 263 Å². The molecule has 0 fully saturated rings. The maximum atomic E-state index is 2.62. The SMILES string of the molecule is CCCC1(c2ccc(N(c3ccccc3)c3ccc4ccccc4c3)cc2)c2cc3c(cc21)C(C)(C)c1cc2c(cc1-3)CC2(CC)c1ccc(N(c2ccccc2)c2ccc3ccccc3c2)cc1. The highest BCUT2D eigenvalue weighted by Crippen LogP contribution is 2.64. The van der Waals surface area contributed by atoms with Crippen LogP contribution in [0.25, 0.3) is 32.7 Å². The molecule has 0 spiro atoms. The molecule has 13 rings (SSSR count). The molecule has 3 aliphatic carbocycles. The molecule has 2 atom stereocenters. The van der Waals surface area contributed by atoms with Gasteiger partial charge in [0, 0.05) is 50.4 Å². The molecule has 334 valence electrons. The Morgan fingerprint density at radius 2 is 0.812 bits per heavy atom. The molecule has 0 amide bonds. The van der Waals surface area contributed by atoms with E-state index in [-0.39, 0.29) is 16.2 Å². The maximum Gasteiger partial charge on any atom is 0.0468 e. The van der Waals surface area contributed by atoms with E-state index in [0.717, 1.165) is 48.4 Å². The number of benzene rings is 10. The topological polar surface area (TPSA) is 6.48 Å². The van der Waals surface area contributed by atoms with E-state index < -0.39 is 0 Å². The van der Waals surface area contributed by atoms with Gasteiger partial charge < -0.3 is 9.80 Å². The first-order valence-electron chi connectivity index (χ1n) is 25.1. The Morgan fingerprint density at radius 1 is 0.377 bits per heavy atom. The van der Waals surface area contributed by atoms with Gasteiger partial charge in [-0.2, -0.15) is 0 Å². The molecule has 2 heteroatoms. The van der Waals surface area contributed by atoms with E-state index in [0.29, 0.717) is 0 Å². The Morgan fingerprint density at radius 3 is 1.33 bits per heavy atom. The highest BCUT2D eigenvalue weighted by molar-refractivity contribution is 5.92. The van der Waals surface area contributed by atoms with Crippen molar-refractivity contribution in [1.29, 1.82) is 0 Å². The minimum Gasteiger partial charge on any atom is -0.310 e. The minimum atomic E-state index is -0.107. The first kappa shape index (κ1) is 41.5. The standard InChI is InChI=1S/C67H56N2/c1-5-37-67(51-29-35-55(36-30-51)69(53-23-11-8-12-24-53)57-32-26-46-18-14-16-20-48(46)39-57)63-41-59-58-40-49-44-66(6-2,60(49)42-61(58)65(3,4)62(59)43-64(63)67)50-27-33-54(34-28-50)68(52-21-9-7-10-22-52)56-31-25-45-17-13-15-19-47(45)38-56/h7-36,38-43H,5-6,37,44H2,1-4H3. The van der Waals surface area contributed by atoms with Crippen molar-refractivity contribution in [2.24, 2.45) is 0 Å². The average molecular weight is 889 g/mol. The van der Waals surface area contributed by atoms with Crippen molar-refractivity contribution in [2.75, 3.05) is 9.80 Å². The molecule has 0 N–H and O–H groups in total. The van der Waals surface area contributed by atoms with Gasteiger partial charge in [-0.15, -0.1) is 0 Å². The Balaban J connectivity index is 0.823. The van der Waals surface area contributed by atoms with Crippen LogP contribution in [-0.2, 0) is 22.7 Å². The maximum absolute atomic E-state index is 2.62. The van der Waals surface area contributed by atoms with Crippen LogP contribution < -0.4 is 9.80 Å². The second-order valence-electron chi connectivity index (χ2n) is 20.4. The van der Waals surface area contributed by atoms with Crippen LogP contribution in [-0.4, -0.2) is 0 Å². The van der Waals surface area contributed by atoms with Crippen LogP contribution in [0.1, 0.15) is 91.5 Å². The van der Waals surface area contributed by atoms with Crippen LogP contribution in [0.5, 0.6) is 0 Å². The predicted molar refractivity (Wildman–Crippen MR) is 291 cm³/mol. The number of hydrogen-bond acceptors (Lipinski definition) is 2. The zero-order valence-electron chi connectivity index (χ0n) is 40.0. The molecule has 0 saturated carbocycles. The lowest BCUT2D eigenvalue weighted by molar-refractivity contribution is 0.431. The summed E-state index contributed by atoms with van der Waals surface area (Å²) in [7, 11) is 0. The number of fused-ring (bicyclic) bond motifs is 7. The van der Waals surface area contributed by atoms with Crippen LogP contribution in [0, 0.1) is 0 Å². The van der Waals surface area contributed by atoms with Crippen LogP contribution in [0.3, 0.4) is 0 Å². The molecule has 10 aromatic carbocycles. The van der Waals surface area contributed by atoms with Gasteiger partial charge >= 0.3 is 0 Å². The molecule has 0 radical (unpaired) electrons. The number of para-hydroxylation sites is 2. The number of anilines is 6. The van der Waals surface area contributed by atoms with Gasteiger partial charge in [-0.05, 0) is 175 Å². The first-order chi connectivity index (χ1) is 33.8. The zero-order chi connectivity index (χ0) is 46.5. The lowest BCUT2D eigenvalue weighted by atomic mass is 9.58. The van der Waals surface area contributed by atoms with Gasteiger partial charge in [0.15, 0.2) is 0 Å². The van der Waals surface area contributed by atoms with Crippen molar-refractivity contribution >= 4 is 55.7 Å². The molecular weight excluding hydrogens is 833 g/mol. The van der Waals surface area contributed by atoms with E-state index in [9.17, 15) is 0 Å². The lowest BCUT2D eigenvalue weighted by Crippen LogP contribution is -2.40. The van der Waals surface area contributed by atoms with E-state index in [1.54, 1.807) is 0 Å². The third-order valence-electron chi connectivity index (χ3n) is 16.4. The Labute approximate surface area is 407 Å². The van der Waals surface area contributed by atoms with Gasteiger partial charge in [0.1, 0.15) is 0 Å². The second-order valence-corrected chi connectivity index (χ2v) is 20.4. The second kappa shape index (κ2) is 15.7. The van der Waals surface area contributed by atoms with Crippen molar-refractivity contribution in [3.63, 3.8) is 0 Å². The molecule has 0 aromatic heterocycles. The Hall–Kier alpha value is -7.68. The fourth-order valence-electron chi connectivity index (χ4n) is 12.8. The molecule has 0 heterocycles. The summed E-state index contributed by atoms with van der Waals surface area (Å²) in [4.78, 5) is 4.78. The van der Waals surface area contributed by atoms with E-state index >= 15 is 0 Å². The van der Waals surface area contributed by atoms with E-state index in [1.165, 1.54) is 88.6 Å². The highest BCUT2D eigenvalue weighted by atomic mass is 15.1. The van der Waals surface area contributed by atoms with Crippen LogP contribution in [0.4, 0.5) is 34.1 Å². The number of nitrogens with zero attached hydrogens (tertiary/aromatic N) is 2. The largest absolute Gasteiger partial charge is 0.310 e. The average Bonchev–Trinajstić information content (AvgIpc) is 3.96. The molecule has 69 heavy (non-hydrogen) atoms. The quantitative estimate of drug-likeness (QED) is 0.128. The summed E-state index contributed by atoms with van der Waals surface area (Å²) in [6.45, 7) is 9.66. The zero-order valence-corrected chi connectivity index (χ0v) is 40.0. The van der Waals surface area contributed by atoms with Gasteiger partial charge in [-0.25, -0.2) is 0 Å². The summed E-state index contributed by atoms with van der Waals surface area (Å²) in [5, 5.41) is 5.00. The first-order valence-corrected chi connectivity index (χ1v) is 25.1. The van der Waals surface area contributed by atoms with Crippen molar-refractivity contribution in [3.8, 4) is 11.1 Å². The summed E-state index contributed by atoms with van der Waals surface area (Å²) in [6, 6.07) is 81.8. The van der Waals surface area contributed by atoms with E-state index in [1.807, 2.05) is 0 Å². The number of rotatable bonds is 11. The van der Waals surface area contributed by atoms with Crippen molar-refractivity contribution < 1.29 is 0 Å². The van der Waals surface area contributed by atoms with Gasteiger partial charge in [0.25, 0.3) is 0 Å². The van der Waals surface area contributed by atoms with E-state index in [2.05, 4.69) is 256 Å². The third-order valence-corrected chi connectivity index (χ3v) is 16.4. The fraction of sp³-hybridized carbons (Fsp3) is 0.164. The minimum absolute atomic E-state index is 0.00546. The third kappa shape index (κ3) is 6.31. The molecule has 2 nitrogen and oxygen atoms in total. The molecular formula is C67H56N2. The molecule has 3 aliphatic rings. The fourth-order valence-corrected chi connectivity index (χ4v) is 12.8. The molecule has 2 unspecified atom stereocenters. The Kier molecular flexibility index (Phi) is 9.44. The van der Waals surface area contributed by atoms with Crippen LogP contribution in [0.2, 0.25) is 0 Å². The molecule has 0 saturated heterocycles. The summed E-state index contributed by atoms with van der Waals surface area (Å²) >= 11 is 0. The van der Waals surface area contributed by atoms with Gasteiger partial charge in [0.2, 0.25) is 0 Å². The van der Waals surface area contributed by atoms with Crippen molar-refractivity contribution in [1.82, 2.24) is 0 Å². The van der Waals surface area contributed by atoms with Gasteiger partial charge in [0.05, 0.1) is 0 Å². The van der Waals surface area contributed by atoms with Gasteiger partial charge in [-0.3, -0.25) is 0 Å². The summed E-state index contributed by atoms with van der Waals surface area (Å²) in [5.41, 5.74) is 21.5. The summed E-state index contributed by atoms with van der Waals surface area (Å²) in [5.74, 6) is 0. The van der Waals surface area contributed by atoms with Crippen LogP contribution >= 0.6 is 0 Å². The lowest BCUT2D eigenvalue weighted by Gasteiger charge is -2.45. The molecule has 10 aromatic rings. The monoisotopic (exact) mass is 888 g/mol. The predicted octanol–water partition coefficient (Wildman–Crippen LogP) is 17.9. The van der Waals surface area contributed by atoms with Crippen LogP contribution in [0.15, 0.2) is 218 Å². The number of hydrogen-bond donors (Lipinski definition) is 0. The molecule has 0 aliphatic heterocycles. The summed E-state index contributed by atoms with van der Waals surface area (Å²) < 4.78 is 0. The molecule has 0 bridgehead atoms.